The Morgan fingerprint density at radius 3 is 2.89 bits per heavy atom. The maximum Gasteiger partial charge on any atom is 0.199 e. The van der Waals surface area contributed by atoms with Crippen molar-refractivity contribution in [3.63, 3.8) is 0 Å². The molecule has 0 radical (unpaired) electrons. The summed E-state index contributed by atoms with van der Waals surface area (Å²) < 4.78 is 5.51. The minimum absolute atomic E-state index is 0.481. The van der Waals surface area contributed by atoms with Crippen molar-refractivity contribution in [2.24, 2.45) is 0 Å². The topological polar surface area (TPSA) is 25.2 Å². The van der Waals surface area contributed by atoms with Crippen LogP contribution in [0.2, 0.25) is 5.22 Å². The minimum atomic E-state index is 0.481. The smallest absolute Gasteiger partial charge is 0.199 e. The molecule has 18 heavy (non-hydrogen) atoms. The lowest BCUT2D eigenvalue weighted by Gasteiger charge is -2.02. The van der Waals surface area contributed by atoms with Gasteiger partial charge < -0.3 is 9.73 Å². The van der Waals surface area contributed by atoms with Crippen molar-refractivity contribution in [3.05, 3.63) is 57.4 Å². The molecule has 3 aromatic rings. The fourth-order valence-electron chi connectivity index (χ4n) is 1.96. The molecule has 2 aromatic heterocycles. The lowest BCUT2D eigenvalue weighted by molar-refractivity contribution is 0.604. The van der Waals surface area contributed by atoms with Gasteiger partial charge in [0.2, 0.25) is 0 Å². The van der Waals surface area contributed by atoms with Gasteiger partial charge in [-0.25, -0.2) is 0 Å². The number of halogens is 1. The standard InChI is InChI=1S/C14H12ClNOS/c15-14-12(8-16-7-10-5-6-18-9-10)11-3-1-2-4-13(11)17-14/h1-6,9,16H,7-8H2. The molecule has 0 amide bonds. The number of fused-ring (bicyclic) bond motifs is 1. The summed E-state index contributed by atoms with van der Waals surface area (Å²) in [6.45, 7) is 1.56. The normalized spacial score (nSPS) is 11.2. The summed E-state index contributed by atoms with van der Waals surface area (Å²) in [5.74, 6) is 0. The zero-order valence-corrected chi connectivity index (χ0v) is 11.2. The Hall–Kier alpha value is -1.29. The van der Waals surface area contributed by atoms with Gasteiger partial charge in [-0.05, 0) is 40.1 Å². The predicted molar refractivity (Wildman–Crippen MR) is 76.1 cm³/mol. The fraction of sp³-hybridized carbons (Fsp3) is 0.143. The third-order valence-corrected chi connectivity index (χ3v) is 3.90. The van der Waals surface area contributed by atoms with Crippen molar-refractivity contribution < 1.29 is 4.42 Å². The third kappa shape index (κ3) is 2.29. The molecule has 4 heteroatoms. The molecular weight excluding hydrogens is 266 g/mol. The first-order valence-corrected chi connectivity index (χ1v) is 7.04. The van der Waals surface area contributed by atoms with Gasteiger partial charge in [-0.15, -0.1) is 0 Å². The highest BCUT2D eigenvalue weighted by Gasteiger charge is 2.11. The predicted octanol–water partition coefficient (Wildman–Crippen LogP) is 4.44. The van der Waals surface area contributed by atoms with Crippen LogP contribution in [0.5, 0.6) is 0 Å². The van der Waals surface area contributed by atoms with E-state index in [0.29, 0.717) is 11.8 Å². The monoisotopic (exact) mass is 277 g/mol. The molecule has 0 spiro atoms. The van der Waals surface area contributed by atoms with E-state index < -0.39 is 0 Å². The van der Waals surface area contributed by atoms with Crippen molar-refractivity contribution in [3.8, 4) is 0 Å². The number of para-hydroxylation sites is 1. The number of thiophene rings is 1. The van der Waals surface area contributed by atoms with E-state index in [9.17, 15) is 0 Å². The number of nitrogens with one attached hydrogen (secondary N) is 1. The average Bonchev–Trinajstić information content (AvgIpc) is 2.98. The summed E-state index contributed by atoms with van der Waals surface area (Å²) in [5.41, 5.74) is 3.17. The van der Waals surface area contributed by atoms with Gasteiger partial charge in [0.25, 0.3) is 0 Å². The molecule has 2 nitrogen and oxygen atoms in total. The van der Waals surface area contributed by atoms with Gasteiger partial charge in [0.15, 0.2) is 5.22 Å². The molecule has 92 valence electrons. The molecule has 0 aliphatic heterocycles. The van der Waals surface area contributed by atoms with Gasteiger partial charge in [-0.1, -0.05) is 18.2 Å². The van der Waals surface area contributed by atoms with Crippen molar-refractivity contribution in [2.75, 3.05) is 0 Å². The molecule has 0 bridgehead atoms. The fourth-order valence-corrected chi connectivity index (χ4v) is 2.88. The van der Waals surface area contributed by atoms with Crippen LogP contribution in [0, 0.1) is 0 Å². The van der Waals surface area contributed by atoms with Gasteiger partial charge in [-0.3, -0.25) is 0 Å². The van der Waals surface area contributed by atoms with Gasteiger partial charge in [0.05, 0.1) is 0 Å². The summed E-state index contributed by atoms with van der Waals surface area (Å²) in [4.78, 5) is 0. The Bertz CT molecular complexity index is 645. The van der Waals surface area contributed by atoms with E-state index >= 15 is 0 Å². The number of rotatable bonds is 4. The third-order valence-electron chi connectivity index (χ3n) is 2.86. The summed E-state index contributed by atoms with van der Waals surface area (Å²) in [6, 6.07) is 10.0. The Morgan fingerprint density at radius 1 is 1.17 bits per heavy atom. The first-order valence-electron chi connectivity index (χ1n) is 5.72. The molecule has 0 fully saturated rings. The van der Waals surface area contributed by atoms with E-state index in [1.54, 1.807) is 11.3 Å². The second-order valence-electron chi connectivity index (χ2n) is 4.09. The summed E-state index contributed by atoms with van der Waals surface area (Å²) in [7, 11) is 0. The largest absolute Gasteiger partial charge is 0.444 e. The maximum absolute atomic E-state index is 6.12. The van der Waals surface area contributed by atoms with Gasteiger partial charge >= 0.3 is 0 Å². The molecule has 0 aliphatic carbocycles. The van der Waals surface area contributed by atoms with Gasteiger partial charge in [0.1, 0.15) is 5.58 Å². The lowest BCUT2D eigenvalue weighted by atomic mass is 10.2. The highest BCUT2D eigenvalue weighted by atomic mass is 35.5. The molecule has 0 saturated heterocycles. The first kappa shape index (κ1) is 11.8. The highest BCUT2D eigenvalue weighted by Crippen LogP contribution is 2.29. The zero-order chi connectivity index (χ0) is 12.4. The van der Waals surface area contributed by atoms with Crippen molar-refractivity contribution in [2.45, 2.75) is 13.1 Å². The van der Waals surface area contributed by atoms with Crippen LogP contribution in [0.3, 0.4) is 0 Å². The number of hydrogen-bond acceptors (Lipinski definition) is 3. The van der Waals surface area contributed by atoms with Crippen molar-refractivity contribution in [1.29, 1.82) is 0 Å². The van der Waals surface area contributed by atoms with E-state index in [1.807, 2.05) is 24.3 Å². The maximum atomic E-state index is 6.12. The van der Waals surface area contributed by atoms with E-state index in [2.05, 4.69) is 22.1 Å². The average molecular weight is 278 g/mol. The minimum Gasteiger partial charge on any atom is -0.444 e. The molecule has 0 aliphatic rings. The van der Waals surface area contributed by atoms with Crippen LogP contribution in [0.1, 0.15) is 11.1 Å². The van der Waals surface area contributed by atoms with E-state index in [4.69, 9.17) is 16.0 Å². The summed E-state index contributed by atoms with van der Waals surface area (Å²) in [5, 5.41) is 9.17. The highest BCUT2D eigenvalue weighted by molar-refractivity contribution is 7.07. The van der Waals surface area contributed by atoms with E-state index in [1.165, 1.54) is 5.56 Å². The Kier molecular flexibility index (Phi) is 3.37. The van der Waals surface area contributed by atoms with Gasteiger partial charge in [-0.2, -0.15) is 11.3 Å². The number of furan rings is 1. The summed E-state index contributed by atoms with van der Waals surface area (Å²) in [6.07, 6.45) is 0. The van der Waals surface area contributed by atoms with Crippen molar-refractivity contribution >= 4 is 33.9 Å². The quantitative estimate of drug-likeness (QED) is 0.763. The van der Waals surface area contributed by atoms with E-state index in [0.717, 1.165) is 23.1 Å². The first-order chi connectivity index (χ1) is 8.84. The molecule has 1 N–H and O–H groups in total. The molecule has 3 rings (SSSR count). The van der Waals surface area contributed by atoms with Crippen LogP contribution in [0.25, 0.3) is 11.0 Å². The SMILES string of the molecule is Clc1oc2ccccc2c1CNCc1ccsc1. The molecule has 0 saturated carbocycles. The van der Waals surface area contributed by atoms with Crippen LogP contribution >= 0.6 is 22.9 Å². The molecule has 0 unspecified atom stereocenters. The van der Waals surface area contributed by atoms with Crippen LogP contribution in [0.15, 0.2) is 45.5 Å². The van der Waals surface area contributed by atoms with Crippen molar-refractivity contribution in [1.82, 2.24) is 5.32 Å². The Labute approximate surface area is 114 Å². The number of benzene rings is 1. The zero-order valence-electron chi connectivity index (χ0n) is 9.65. The Balaban J connectivity index is 1.76. The molecule has 1 aromatic carbocycles. The van der Waals surface area contributed by atoms with Crippen LogP contribution in [0.4, 0.5) is 0 Å². The summed E-state index contributed by atoms with van der Waals surface area (Å²) >= 11 is 7.83. The lowest BCUT2D eigenvalue weighted by Crippen LogP contribution is -2.11. The second-order valence-corrected chi connectivity index (χ2v) is 5.21. The van der Waals surface area contributed by atoms with Gasteiger partial charge in [0, 0.05) is 24.0 Å². The van der Waals surface area contributed by atoms with Crippen LogP contribution in [-0.4, -0.2) is 0 Å². The molecule has 0 atom stereocenters. The van der Waals surface area contributed by atoms with Crippen LogP contribution < -0.4 is 5.32 Å². The van der Waals surface area contributed by atoms with Crippen LogP contribution in [-0.2, 0) is 13.1 Å². The molecular formula is C14H12ClNOS. The number of hydrogen-bond donors (Lipinski definition) is 1. The second kappa shape index (κ2) is 5.14. The van der Waals surface area contributed by atoms with E-state index in [-0.39, 0.29) is 0 Å². The molecule has 2 heterocycles. The Morgan fingerprint density at radius 2 is 2.06 bits per heavy atom.